The third-order valence-electron chi connectivity index (χ3n) is 2.73. The summed E-state index contributed by atoms with van der Waals surface area (Å²) in [6, 6.07) is 18.1. The van der Waals surface area contributed by atoms with Crippen molar-refractivity contribution in [2.75, 3.05) is 0 Å². The maximum Gasteiger partial charge on any atom is 0.308 e. The molecule has 2 aromatic rings. The van der Waals surface area contributed by atoms with Gasteiger partial charge in [-0.05, 0) is 30.0 Å². The number of rotatable bonds is 3. The number of benzene rings is 2. The number of hydrogen-bond donors (Lipinski definition) is 0. The number of hydrogen-bond acceptors (Lipinski definition) is 0. The molecule has 0 aliphatic heterocycles. The van der Waals surface area contributed by atoms with Crippen molar-refractivity contribution in [2.24, 2.45) is 0 Å². The molecule has 0 aliphatic carbocycles. The van der Waals surface area contributed by atoms with Crippen molar-refractivity contribution >= 4 is 0 Å². The lowest BCUT2D eigenvalue weighted by Gasteiger charge is -2.08. The third kappa shape index (κ3) is 4.56. The molecule has 19 heavy (non-hydrogen) atoms. The molecule has 2 rings (SSSR count). The van der Waals surface area contributed by atoms with E-state index in [-0.39, 0.29) is 6.42 Å². The summed E-state index contributed by atoms with van der Waals surface area (Å²) in [7, 11) is 0. The summed E-state index contributed by atoms with van der Waals surface area (Å²) in [6.45, 7) is 0. The lowest BCUT2D eigenvalue weighted by atomic mass is 10.1. The third-order valence-corrected chi connectivity index (χ3v) is 2.73. The fraction of sp³-hybridized carbons (Fsp3) is 0.176. The Kier molecular flexibility index (Phi) is 4.30. The predicted octanol–water partition coefficient (Wildman–Crippen LogP) is 4.31. The second-order valence-electron chi connectivity index (χ2n) is 4.31. The molecule has 0 N–H and O–H groups in total. The molecule has 0 radical (unpaired) electrons. The Morgan fingerprint density at radius 3 is 2.05 bits per heavy atom. The van der Waals surface area contributed by atoms with Crippen molar-refractivity contribution in [2.45, 2.75) is 18.8 Å². The molecule has 0 heterocycles. The van der Waals surface area contributed by atoms with Crippen LogP contribution in [0.5, 0.6) is 0 Å². The summed E-state index contributed by atoms with van der Waals surface area (Å²) in [5, 5.41) is 0. The Morgan fingerprint density at radius 1 is 0.842 bits per heavy atom. The van der Waals surface area contributed by atoms with Gasteiger partial charge in [-0.25, -0.2) is 0 Å². The van der Waals surface area contributed by atoms with Crippen LogP contribution in [0.4, 0.5) is 8.78 Å². The van der Waals surface area contributed by atoms with Gasteiger partial charge in [-0.1, -0.05) is 54.5 Å². The first-order valence-electron chi connectivity index (χ1n) is 6.16. The maximum absolute atomic E-state index is 13.6. The van der Waals surface area contributed by atoms with E-state index in [0.29, 0.717) is 12.0 Å². The van der Waals surface area contributed by atoms with E-state index in [1.807, 2.05) is 36.4 Å². The molecule has 0 saturated carbocycles. The van der Waals surface area contributed by atoms with Crippen LogP contribution in [0.2, 0.25) is 0 Å². The van der Waals surface area contributed by atoms with Gasteiger partial charge in [-0.3, -0.25) is 0 Å². The highest BCUT2D eigenvalue weighted by Crippen LogP contribution is 2.20. The molecule has 0 bridgehead atoms. The molecule has 0 fully saturated rings. The first kappa shape index (κ1) is 13.3. The smallest absolute Gasteiger partial charge is 0.192 e. The highest BCUT2D eigenvalue weighted by atomic mass is 19.3. The molecule has 0 amide bonds. The van der Waals surface area contributed by atoms with Crippen molar-refractivity contribution in [1.29, 1.82) is 0 Å². The Morgan fingerprint density at radius 2 is 1.42 bits per heavy atom. The molecule has 0 spiro atoms. The van der Waals surface area contributed by atoms with Crippen LogP contribution in [0.1, 0.15) is 17.5 Å². The lowest BCUT2D eigenvalue weighted by Crippen LogP contribution is -2.14. The average molecular weight is 256 g/mol. The zero-order valence-corrected chi connectivity index (χ0v) is 10.4. The van der Waals surface area contributed by atoms with Gasteiger partial charge in [0, 0.05) is 12.0 Å². The van der Waals surface area contributed by atoms with Crippen LogP contribution in [0.25, 0.3) is 0 Å². The van der Waals surface area contributed by atoms with Crippen LogP contribution in [0.3, 0.4) is 0 Å². The maximum atomic E-state index is 13.6. The van der Waals surface area contributed by atoms with Gasteiger partial charge in [-0.15, -0.1) is 0 Å². The standard InChI is InChI=1S/C17H14F2/c18-17(19,13-11-15-7-3-1-4-8-15)14-12-16-9-5-2-6-10-16/h1-10H,11,13H2. The molecule has 2 heteroatoms. The molecule has 96 valence electrons. The molecule has 0 unspecified atom stereocenters. The van der Waals surface area contributed by atoms with Gasteiger partial charge in [0.25, 0.3) is 0 Å². The van der Waals surface area contributed by atoms with E-state index in [4.69, 9.17) is 0 Å². The van der Waals surface area contributed by atoms with Crippen molar-refractivity contribution in [3.8, 4) is 11.8 Å². The fourth-order valence-corrected chi connectivity index (χ4v) is 1.69. The van der Waals surface area contributed by atoms with Gasteiger partial charge in [0.1, 0.15) is 0 Å². The molecule has 0 aliphatic rings. The summed E-state index contributed by atoms with van der Waals surface area (Å²) in [6.07, 6.45) is 0.0775. The van der Waals surface area contributed by atoms with E-state index in [0.717, 1.165) is 5.56 Å². The minimum absolute atomic E-state index is 0.253. The van der Waals surface area contributed by atoms with Crippen LogP contribution in [0.15, 0.2) is 60.7 Å². The molecular formula is C17H14F2. The summed E-state index contributed by atoms with van der Waals surface area (Å²) in [4.78, 5) is 0. The molecule has 2 aromatic carbocycles. The lowest BCUT2D eigenvalue weighted by molar-refractivity contribution is 0.0571. The molecule has 0 nitrogen and oxygen atoms in total. The van der Waals surface area contributed by atoms with E-state index in [9.17, 15) is 8.78 Å². The number of halogens is 2. The highest BCUT2D eigenvalue weighted by Gasteiger charge is 2.25. The number of alkyl halides is 2. The first-order chi connectivity index (χ1) is 9.16. The van der Waals surface area contributed by atoms with Crippen molar-refractivity contribution in [1.82, 2.24) is 0 Å². The Bertz CT molecular complexity index is 562. The van der Waals surface area contributed by atoms with Gasteiger partial charge in [0.2, 0.25) is 0 Å². The van der Waals surface area contributed by atoms with Gasteiger partial charge in [-0.2, -0.15) is 8.78 Å². The Balaban J connectivity index is 1.98. The highest BCUT2D eigenvalue weighted by molar-refractivity contribution is 5.35. The Hall–Kier alpha value is -2.14. The summed E-state index contributed by atoms with van der Waals surface area (Å²) in [5.74, 6) is 1.63. The Labute approximate surface area is 112 Å². The van der Waals surface area contributed by atoms with E-state index in [1.165, 1.54) is 0 Å². The molecule has 0 atom stereocenters. The number of aryl methyl sites for hydroxylation is 1. The zero-order valence-electron chi connectivity index (χ0n) is 10.4. The summed E-state index contributed by atoms with van der Waals surface area (Å²) < 4.78 is 27.2. The molecule has 0 aromatic heterocycles. The first-order valence-corrected chi connectivity index (χ1v) is 6.16. The van der Waals surface area contributed by atoms with Crippen molar-refractivity contribution < 1.29 is 8.78 Å². The predicted molar refractivity (Wildman–Crippen MR) is 73.0 cm³/mol. The minimum atomic E-state index is -2.95. The van der Waals surface area contributed by atoms with Crippen molar-refractivity contribution in [3.05, 3.63) is 71.8 Å². The van der Waals surface area contributed by atoms with Gasteiger partial charge in [0.15, 0.2) is 0 Å². The average Bonchev–Trinajstić information content (AvgIpc) is 2.46. The van der Waals surface area contributed by atoms with E-state index >= 15 is 0 Å². The fourth-order valence-electron chi connectivity index (χ4n) is 1.69. The zero-order chi connectivity index (χ0) is 13.6. The van der Waals surface area contributed by atoms with E-state index in [2.05, 4.69) is 11.8 Å². The van der Waals surface area contributed by atoms with Gasteiger partial charge < -0.3 is 0 Å². The SMILES string of the molecule is FC(F)(C#Cc1ccccc1)CCc1ccccc1. The minimum Gasteiger partial charge on any atom is -0.192 e. The van der Waals surface area contributed by atoms with Crippen LogP contribution >= 0.6 is 0 Å². The summed E-state index contributed by atoms with van der Waals surface area (Å²) >= 11 is 0. The quantitative estimate of drug-likeness (QED) is 0.718. The monoisotopic (exact) mass is 256 g/mol. The largest absolute Gasteiger partial charge is 0.308 e. The van der Waals surface area contributed by atoms with Crippen LogP contribution in [-0.2, 0) is 6.42 Å². The van der Waals surface area contributed by atoms with E-state index in [1.54, 1.807) is 24.3 Å². The van der Waals surface area contributed by atoms with Crippen LogP contribution in [-0.4, -0.2) is 5.92 Å². The second-order valence-corrected chi connectivity index (χ2v) is 4.31. The van der Waals surface area contributed by atoms with Gasteiger partial charge >= 0.3 is 5.92 Å². The second kappa shape index (κ2) is 6.15. The van der Waals surface area contributed by atoms with Gasteiger partial charge in [0.05, 0.1) is 0 Å². The molecular weight excluding hydrogens is 242 g/mol. The van der Waals surface area contributed by atoms with Crippen LogP contribution < -0.4 is 0 Å². The van der Waals surface area contributed by atoms with E-state index < -0.39 is 5.92 Å². The summed E-state index contributed by atoms with van der Waals surface area (Å²) in [5.41, 5.74) is 1.52. The van der Waals surface area contributed by atoms with Crippen molar-refractivity contribution in [3.63, 3.8) is 0 Å². The topological polar surface area (TPSA) is 0 Å². The normalized spacial score (nSPS) is 10.6. The van der Waals surface area contributed by atoms with Crippen LogP contribution in [0, 0.1) is 11.8 Å². The molecule has 0 saturated heterocycles.